The Morgan fingerprint density at radius 3 is 2.81 bits per heavy atom. The molecule has 3 aliphatic rings. The number of nitrogens with one attached hydrogen (secondary N) is 3. The number of likely N-dealkylation sites (N-methyl/N-ethyl adjacent to an activating group) is 1. The number of rotatable bonds is 7. The topological polar surface area (TPSA) is 109 Å². The highest BCUT2D eigenvalue weighted by Crippen LogP contribution is 2.37. The first-order chi connectivity index (χ1) is 21.0. The van der Waals surface area contributed by atoms with Crippen molar-refractivity contribution in [2.75, 3.05) is 40.6 Å². The van der Waals surface area contributed by atoms with E-state index in [9.17, 15) is 0 Å². The molecule has 0 aliphatic carbocycles. The summed E-state index contributed by atoms with van der Waals surface area (Å²) in [6, 6.07) is 12.0. The van der Waals surface area contributed by atoms with Gasteiger partial charge < -0.3 is 34.7 Å². The zero-order chi connectivity index (χ0) is 29.3. The Morgan fingerprint density at radius 2 is 1.91 bits per heavy atom. The second-order valence-electron chi connectivity index (χ2n) is 10.9. The SMILES string of the molecule is CC1=CC(OCCN(C)C)=CC(c2ccc3c(n2)C(c2nc4c(-c5ccc6c(c5)OCO6)nccc4[nH]2)=CCNC3)=CN1. The van der Waals surface area contributed by atoms with Gasteiger partial charge in [-0.05, 0) is 69.1 Å². The van der Waals surface area contributed by atoms with Crippen LogP contribution in [0.25, 0.3) is 33.4 Å². The average Bonchev–Trinajstić information content (AvgIpc) is 3.54. The van der Waals surface area contributed by atoms with E-state index in [1.807, 2.05) is 63.6 Å². The smallest absolute Gasteiger partial charge is 0.231 e. The highest BCUT2D eigenvalue weighted by molar-refractivity contribution is 5.92. The normalized spacial score (nSPS) is 16.0. The average molecular weight is 576 g/mol. The number of nitrogens with zero attached hydrogens (tertiary/aromatic N) is 4. The first-order valence-electron chi connectivity index (χ1n) is 14.3. The molecule has 10 heteroatoms. The van der Waals surface area contributed by atoms with Crippen molar-refractivity contribution in [3.8, 4) is 22.8 Å². The maximum atomic E-state index is 6.10. The molecular weight excluding hydrogens is 542 g/mol. The van der Waals surface area contributed by atoms with Gasteiger partial charge in [-0.15, -0.1) is 0 Å². The standard InChI is InChI=1S/C33H33N7O3/c1-20-14-24(41-13-12-40(2)3)15-23(18-36-20)26-6-4-22-17-34-10-8-25(30(22)37-26)33-38-27-9-11-35-31(32(27)39-33)21-5-7-28-29(16-21)43-19-42-28/h4-9,11,14-16,18,34,36H,10,12-13,17,19H2,1-3H3,(H,38,39). The summed E-state index contributed by atoms with van der Waals surface area (Å²) < 4.78 is 17.2. The van der Waals surface area contributed by atoms with Crippen LogP contribution in [0.2, 0.25) is 0 Å². The molecule has 0 radical (unpaired) electrons. The molecule has 0 atom stereocenters. The van der Waals surface area contributed by atoms with E-state index < -0.39 is 0 Å². The number of hydrogen-bond acceptors (Lipinski definition) is 9. The van der Waals surface area contributed by atoms with Crippen molar-refractivity contribution in [2.45, 2.75) is 13.5 Å². The molecule has 6 heterocycles. The van der Waals surface area contributed by atoms with E-state index in [1.165, 1.54) is 0 Å². The van der Waals surface area contributed by atoms with Crippen molar-refractivity contribution in [1.82, 2.24) is 35.5 Å². The molecule has 4 aromatic rings. The van der Waals surface area contributed by atoms with Gasteiger partial charge in [0.25, 0.3) is 0 Å². The summed E-state index contributed by atoms with van der Waals surface area (Å²) in [5.41, 5.74) is 9.08. The molecule has 3 N–H and O–H groups in total. The number of allylic oxidation sites excluding steroid dienone is 4. The van der Waals surface area contributed by atoms with E-state index in [1.54, 1.807) is 6.20 Å². The molecule has 7 rings (SSSR count). The fourth-order valence-electron chi connectivity index (χ4n) is 5.29. The van der Waals surface area contributed by atoms with E-state index in [0.29, 0.717) is 25.4 Å². The number of aromatic amines is 1. The lowest BCUT2D eigenvalue weighted by atomic mass is 10.0. The van der Waals surface area contributed by atoms with Crippen LogP contribution in [0, 0.1) is 0 Å². The number of hydrogen-bond donors (Lipinski definition) is 3. The van der Waals surface area contributed by atoms with Crippen LogP contribution in [-0.4, -0.2) is 65.4 Å². The van der Waals surface area contributed by atoms with E-state index >= 15 is 0 Å². The van der Waals surface area contributed by atoms with Crippen molar-refractivity contribution in [1.29, 1.82) is 0 Å². The molecule has 0 spiro atoms. The number of ether oxygens (including phenoxy) is 3. The van der Waals surface area contributed by atoms with Crippen LogP contribution in [0.3, 0.4) is 0 Å². The van der Waals surface area contributed by atoms with E-state index in [0.717, 1.165) is 80.0 Å². The Morgan fingerprint density at radius 1 is 1.00 bits per heavy atom. The van der Waals surface area contributed by atoms with Crippen molar-refractivity contribution >= 4 is 22.2 Å². The summed E-state index contributed by atoms with van der Waals surface area (Å²) in [5.74, 6) is 2.99. The Bertz CT molecular complexity index is 1830. The van der Waals surface area contributed by atoms with E-state index in [4.69, 9.17) is 24.2 Å². The second-order valence-corrected chi connectivity index (χ2v) is 10.9. The van der Waals surface area contributed by atoms with Crippen LogP contribution >= 0.6 is 0 Å². The lowest BCUT2D eigenvalue weighted by Gasteiger charge is -2.13. The quantitative estimate of drug-likeness (QED) is 0.291. The molecule has 43 heavy (non-hydrogen) atoms. The van der Waals surface area contributed by atoms with Gasteiger partial charge in [0.05, 0.1) is 22.6 Å². The Balaban J connectivity index is 1.25. The Labute approximate surface area is 249 Å². The predicted molar refractivity (Wildman–Crippen MR) is 166 cm³/mol. The van der Waals surface area contributed by atoms with Gasteiger partial charge >= 0.3 is 0 Å². The van der Waals surface area contributed by atoms with Crippen LogP contribution < -0.4 is 20.1 Å². The molecule has 10 nitrogen and oxygen atoms in total. The summed E-state index contributed by atoms with van der Waals surface area (Å²) in [6.45, 7) is 5.08. The molecule has 0 amide bonds. The molecule has 0 saturated carbocycles. The van der Waals surface area contributed by atoms with Crippen LogP contribution in [-0.2, 0) is 11.3 Å². The molecule has 1 aromatic carbocycles. The van der Waals surface area contributed by atoms with Crippen LogP contribution in [0.1, 0.15) is 29.7 Å². The van der Waals surface area contributed by atoms with Crippen LogP contribution in [0.4, 0.5) is 0 Å². The first-order valence-corrected chi connectivity index (χ1v) is 14.3. The zero-order valence-electron chi connectivity index (χ0n) is 24.4. The van der Waals surface area contributed by atoms with E-state index in [2.05, 4.69) is 43.7 Å². The number of H-pyrrole nitrogens is 1. The van der Waals surface area contributed by atoms with E-state index in [-0.39, 0.29) is 6.79 Å². The summed E-state index contributed by atoms with van der Waals surface area (Å²) in [4.78, 5) is 20.6. The van der Waals surface area contributed by atoms with Gasteiger partial charge in [0.2, 0.25) is 6.79 Å². The van der Waals surface area contributed by atoms with Gasteiger partial charge in [-0.25, -0.2) is 9.97 Å². The largest absolute Gasteiger partial charge is 0.492 e. The minimum absolute atomic E-state index is 0.225. The Kier molecular flexibility index (Phi) is 7.14. The number of pyridine rings is 2. The van der Waals surface area contributed by atoms with Gasteiger partial charge in [-0.1, -0.05) is 12.1 Å². The molecule has 0 unspecified atom stereocenters. The molecule has 0 saturated heterocycles. The molecule has 0 bridgehead atoms. The van der Waals surface area contributed by atoms with Crippen molar-refractivity contribution < 1.29 is 14.2 Å². The first kappa shape index (κ1) is 26.9. The number of aromatic nitrogens is 4. The zero-order valence-corrected chi connectivity index (χ0v) is 24.4. The number of benzene rings is 1. The van der Waals surface area contributed by atoms with Gasteiger partial charge in [0, 0.05) is 54.4 Å². The third-order valence-corrected chi connectivity index (χ3v) is 7.52. The second kappa shape index (κ2) is 11.4. The lowest BCUT2D eigenvalue weighted by Crippen LogP contribution is -2.17. The third-order valence-electron chi connectivity index (χ3n) is 7.52. The Hall–Kier alpha value is -4.93. The van der Waals surface area contributed by atoms with Crippen LogP contribution in [0.5, 0.6) is 11.5 Å². The lowest BCUT2D eigenvalue weighted by molar-refractivity contribution is 0.174. The summed E-state index contributed by atoms with van der Waals surface area (Å²) in [5, 5.41) is 6.84. The monoisotopic (exact) mass is 575 g/mol. The minimum Gasteiger partial charge on any atom is -0.492 e. The fraction of sp³-hybridized carbons (Fsp3) is 0.242. The minimum atomic E-state index is 0.225. The molecule has 0 fully saturated rings. The summed E-state index contributed by atoms with van der Waals surface area (Å²) in [7, 11) is 4.07. The molecule has 3 aromatic heterocycles. The highest BCUT2D eigenvalue weighted by atomic mass is 16.7. The maximum absolute atomic E-state index is 6.10. The van der Waals surface area contributed by atoms with Crippen molar-refractivity contribution in [2.24, 2.45) is 0 Å². The number of imidazole rings is 1. The van der Waals surface area contributed by atoms with Gasteiger partial charge in [-0.2, -0.15) is 0 Å². The predicted octanol–water partition coefficient (Wildman–Crippen LogP) is 4.59. The van der Waals surface area contributed by atoms with Crippen molar-refractivity contribution in [3.05, 3.63) is 101 Å². The summed E-state index contributed by atoms with van der Waals surface area (Å²) in [6.07, 6.45) is 9.97. The van der Waals surface area contributed by atoms with Crippen molar-refractivity contribution in [3.63, 3.8) is 0 Å². The highest BCUT2D eigenvalue weighted by Gasteiger charge is 2.22. The van der Waals surface area contributed by atoms with Gasteiger partial charge in [0.1, 0.15) is 23.7 Å². The third kappa shape index (κ3) is 5.50. The van der Waals surface area contributed by atoms with Gasteiger partial charge in [0.15, 0.2) is 11.5 Å². The molecule has 3 aliphatic heterocycles. The van der Waals surface area contributed by atoms with Gasteiger partial charge in [-0.3, -0.25) is 4.98 Å². The fourth-order valence-corrected chi connectivity index (χ4v) is 5.29. The summed E-state index contributed by atoms with van der Waals surface area (Å²) >= 11 is 0. The molecular formula is C33H33N7O3. The van der Waals surface area contributed by atoms with Crippen LogP contribution in [0.15, 0.2) is 78.5 Å². The number of fused-ring (bicyclic) bond motifs is 3. The maximum Gasteiger partial charge on any atom is 0.231 e. The molecule has 218 valence electrons.